The second-order valence-electron chi connectivity index (χ2n) is 6.93. The number of hydrogen-bond donors (Lipinski definition) is 2. The molecule has 1 aliphatic heterocycles. The van der Waals surface area contributed by atoms with Crippen molar-refractivity contribution in [2.75, 3.05) is 31.6 Å². The molecule has 23 heavy (non-hydrogen) atoms. The number of aromatic nitrogens is 1. The molecule has 0 aromatic carbocycles. The molecule has 1 aliphatic carbocycles. The SMILES string of the molecule is CCC1(CO)CCN(CC(=O)Nc2nc3c(s2)CCCC3)CC1. The van der Waals surface area contributed by atoms with E-state index in [1.165, 1.54) is 23.4 Å². The topological polar surface area (TPSA) is 65.5 Å². The molecule has 0 bridgehead atoms. The quantitative estimate of drug-likeness (QED) is 0.866. The third-order valence-corrected chi connectivity index (χ3v) is 6.53. The van der Waals surface area contributed by atoms with Gasteiger partial charge >= 0.3 is 0 Å². The molecule has 0 unspecified atom stereocenters. The highest BCUT2D eigenvalue weighted by molar-refractivity contribution is 7.15. The number of aliphatic hydroxyl groups is 1. The summed E-state index contributed by atoms with van der Waals surface area (Å²) in [6, 6.07) is 0. The molecule has 2 aliphatic rings. The number of nitrogens with one attached hydrogen (secondary N) is 1. The fraction of sp³-hybridized carbons (Fsp3) is 0.765. The molecular weight excluding hydrogens is 310 g/mol. The number of aliphatic hydroxyl groups excluding tert-OH is 1. The van der Waals surface area contributed by atoms with Gasteiger partial charge in [0, 0.05) is 11.5 Å². The van der Waals surface area contributed by atoms with Gasteiger partial charge in [0.2, 0.25) is 5.91 Å². The molecular formula is C17H27N3O2S. The van der Waals surface area contributed by atoms with E-state index in [1.54, 1.807) is 11.3 Å². The van der Waals surface area contributed by atoms with Crippen molar-refractivity contribution in [3.05, 3.63) is 10.6 Å². The summed E-state index contributed by atoms with van der Waals surface area (Å²) in [5.41, 5.74) is 1.26. The Labute approximate surface area is 142 Å². The van der Waals surface area contributed by atoms with E-state index >= 15 is 0 Å². The van der Waals surface area contributed by atoms with Crippen molar-refractivity contribution in [1.29, 1.82) is 0 Å². The Balaban J connectivity index is 1.49. The molecule has 0 radical (unpaired) electrons. The predicted octanol–water partition coefficient (Wildman–Crippen LogP) is 2.44. The average Bonchev–Trinajstić information content (AvgIpc) is 2.98. The van der Waals surface area contributed by atoms with E-state index in [9.17, 15) is 9.90 Å². The number of anilines is 1. The van der Waals surface area contributed by atoms with E-state index < -0.39 is 0 Å². The van der Waals surface area contributed by atoms with Gasteiger partial charge in [0.15, 0.2) is 5.13 Å². The van der Waals surface area contributed by atoms with Gasteiger partial charge in [-0.25, -0.2) is 4.98 Å². The Morgan fingerprint density at radius 2 is 2.09 bits per heavy atom. The number of nitrogens with zero attached hydrogens (tertiary/aromatic N) is 2. The summed E-state index contributed by atoms with van der Waals surface area (Å²) in [7, 11) is 0. The van der Waals surface area contributed by atoms with Crippen molar-refractivity contribution < 1.29 is 9.90 Å². The Hall–Kier alpha value is -0.980. The number of hydrogen-bond acceptors (Lipinski definition) is 5. The molecule has 2 N–H and O–H groups in total. The van der Waals surface area contributed by atoms with Crippen LogP contribution in [0.4, 0.5) is 5.13 Å². The highest BCUT2D eigenvalue weighted by Gasteiger charge is 2.32. The van der Waals surface area contributed by atoms with Gasteiger partial charge in [0.25, 0.3) is 0 Å². The van der Waals surface area contributed by atoms with Crippen LogP contribution in [0, 0.1) is 5.41 Å². The minimum Gasteiger partial charge on any atom is -0.396 e. The first-order valence-electron chi connectivity index (χ1n) is 8.76. The first-order chi connectivity index (χ1) is 11.1. The second kappa shape index (κ2) is 7.28. The third kappa shape index (κ3) is 3.92. The minimum atomic E-state index is 0.0316. The van der Waals surface area contributed by atoms with Crippen LogP contribution in [0.25, 0.3) is 0 Å². The van der Waals surface area contributed by atoms with Gasteiger partial charge in [0.1, 0.15) is 0 Å². The first-order valence-corrected chi connectivity index (χ1v) is 9.57. The summed E-state index contributed by atoms with van der Waals surface area (Å²) in [4.78, 5) is 20.4. The highest BCUT2D eigenvalue weighted by Crippen LogP contribution is 2.34. The number of fused-ring (bicyclic) bond motifs is 1. The van der Waals surface area contributed by atoms with Crippen molar-refractivity contribution in [2.24, 2.45) is 5.41 Å². The minimum absolute atomic E-state index is 0.0316. The summed E-state index contributed by atoms with van der Waals surface area (Å²) in [6.07, 6.45) is 7.55. The number of carbonyl (C=O) groups is 1. The molecule has 3 rings (SSSR count). The lowest BCUT2D eigenvalue weighted by molar-refractivity contribution is -0.118. The molecule has 1 amide bonds. The zero-order chi connectivity index (χ0) is 16.3. The molecule has 1 fully saturated rings. The van der Waals surface area contributed by atoms with E-state index in [0.717, 1.165) is 50.3 Å². The van der Waals surface area contributed by atoms with Crippen LogP contribution in [0.2, 0.25) is 0 Å². The van der Waals surface area contributed by atoms with Crippen LogP contribution < -0.4 is 5.32 Å². The van der Waals surface area contributed by atoms with E-state index in [-0.39, 0.29) is 17.9 Å². The zero-order valence-corrected chi connectivity index (χ0v) is 14.8. The van der Waals surface area contributed by atoms with Crippen LogP contribution in [0.15, 0.2) is 0 Å². The molecule has 0 saturated carbocycles. The Kier molecular flexibility index (Phi) is 5.34. The second-order valence-corrected chi connectivity index (χ2v) is 8.02. The number of carbonyl (C=O) groups excluding carboxylic acids is 1. The van der Waals surface area contributed by atoms with Crippen LogP contribution in [0.5, 0.6) is 0 Å². The number of amides is 1. The van der Waals surface area contributed by atoms with E-state index in [4.69, 9.17) is 0 Å². The van der Waals surface area contributed by atoms with Crippen molar-refractivity contribution in [3.8, 4) is 0 Å². The number of likely N-dealkylation sites (tertiary alicyclic amines) is 1. The van der Waals surface area contributed by atoms with Crippen LogP contribution >= 0.6 is 11.3 Å². The van der Waals surface area contributed by atoms with Crippen molar-refractivity contribution in [3.63, 3.8) is 0 Å². The molecule has 5 nitrogen and oxygen atoms in total. The van der Waals surface area contributed by atoms with Crippen LogP contribution in [0.1, 0.15) is 49.6 Å². The highest BCUT2D eigenvalue weighted by atomic mass is 32.1. The van der Waals surface area contributed by atoms with Gasteiger partial charge in [-0.2, -0.15) is 0 Å². The van der Waals surface area contributed by atoms with Crippen LogP contribution in [-0.4, -0.2) is 47.1 Å². The fourth-order valence-corrected chi connectivity index (χ4v) is 4.64. The van der Waals surface area contributed by atoms with Crippen LogP contribution in [0.3, 0.4) is 0 Å². The summed E-state index contributed by atoms with van der Waals surface area (Å²) in [5, 5.41) is 13.3. The van der Waals surface area contributed by atoms with Gasteiger partial charge in [-0.15, -0.1) is 11.3 Å². The smallest absolute Gasteiger partial charge is 0.240 e. The molecule has 1 aromatic heterocycles. The zero-order valence-electron chi connectivity index (χ0n) is 13.9. The van der Waals surface area contributed by atoms with Gasteiger partial charge in [-0.3, -0.25) is 9.69 Å². The molecule has 128 valence electrons. The van der Waals surface area contributed by atoms with E-state index in [2.05, 4.69) is 22.1 Å². The van der Waals surface area contributed by atoms with Crippen molar-refractivity contribution in [2.45, 2.75) is 51.9 Å². The van der Waals surface area contributed by atoms with Crippen molar-refractivity contribution in [1.82, 2.24) is 9.88 Å². The number of piperidine rings is 1. The largest absolute Gasteiger partial charge is 0.396 e. The maximum atomic E-state index is 12.3. The lowest BCUT2D eigenvalue weighted by Crippen LogP contribution is -2.44. The molecule has 0 spiro atoms. The van der Waals surface area contributed by atoms with E-state index in [1.807, 2.05) is 0 Å². The van der Waals surface area contributed by atoms with Crippen LogP contribution in [-0.2, 0) is 17.6 Å². The predicted molar refractivity (Wildman–Crippen MR) is 92.9 cm³/mol. The van der Waals surface area contributed by atoms with Gasteiger partial charge < -0.3 is 10.4 Å². The normalized spacial score (nSPS) is 21.0. The fourth-order valence-electron chi connectivity index (χ4n) is 3.58. The maximum absolute atomic E-state index is 12.3. The molecule has 6 heteroatoms. The lowest BCUT2D eigenvalue weighted by atomic mass is 9.77. The molecule has 2 heterocycles. The Morgan fingerprint density at radius 3 is 2.74 bits per heavy atom. The Bertz CT molecular complexity index is 521. The maximum Gasteiger partial charge on any atom is 0.240 e. The summed E-state index contributed by atoms with van der Waals surface area (Å²) < 4.78 is 0. The van der Waals surface area contributed by atoms with Crippen molar-refractivity contribution >= 4 is 22.4 Å². The number of aryl methyl sites for hydroxylation is 2. The third-order valence-electron chi connectivity index (χ3n) is 5.46. The summed E-state index contributed by atoms with van der Waals surface area (Å²) >= 11 is 1.64. The average molecular weight is 337 g/mol. The summed E-state index contributed by atoms with van der Waals surface area (Å²) in [5.74, 6) is 0.0316. The molecule has 1 saturated heterocycles. The van der Waals surface area contributed by atoms with Gasteiger partial charge in [0.05, 0.1) is 12.2 Å². The monoisotopic (exact) mass is 337 g/mol. The molecule has 0 atom stereocenters. The molecule has 1 aromatic rings. The standard InChI is InChI=1S/C17H27N3O2S/c1-2-17(12-21)7-9-20(10-8-17)11-15(22)19-16-18-13-5-3-4-6-14(13)23-16/h21H,2-12H2,1H3,(H,18,19,22). The first kappa shape index (κ1) is 16.9. The Morgan fingerprint density at radius 1 is 1.35 bits per heavy atom. The van der Waals surface area contributed by atoms with Gasteiger partial charge in [-0.1, -0.05) is 6.92 Å². The lowest BCUT2D eigenvalue weighted by Gasteiger charge is -2.39. The number of rotatable bonds is 5. The van der Waals surface area contributed by atoms with Gasteiger partial charge in [-0.05, 0) is 63.5 Å². The van der Waals surface area contributed by atoms with E-state index in [0.29, 0.717) is 6.54 Å². The summed E-state index contributed by atoms with van der Waals surface area (Å²) in [6.45, 7) is 4.60. The number of thiazole rings is 1.